The molecule has 0 aliphatic carbocycles. The second kappa shape index (κ2) is 8.33. The first-order valence-corrected chi connectivity index (χ1v) is 8.49. The molecule has 0 atom stereocenters. The van der Waals surface area contributed by atoms with Crippen LogP contribution in [0.3, 0.4) is 0 Å². The van der Waals surface area contributed by atoms with Crippen molar-refractivity contribution in [2.24, 2.45) is 0 Å². The van der Waals surface area contributed by atoms with Gasteiger partial charge < -0.3 is 14.8 Å². The molecular formula is C19H22N4O3. The van der Waals surface area contributed by atoms with Gasteiger partial charge in [0, 0.05) is 25.0 Å². The molecule has 136 valence electrons. The van der Waals surface area contributed by atoms with E-state index in [-0.39, 0.29) is 12.5 Å². The number of aromatic nitrogens is 3. The van der Waals surface area contributed by atoms with Crippen molar-refractivity contribution in [2.75, 3.05) is 20.3 Å². The van der Waals surface area contributed by atoms with Crippen molar-refractivity contribution in [1.82, 2.24) is 19.9 Å². The molecule has 2 aromatic heterocycles. The van der Waals surface area contributed by atoms with Gasteiger partial charge in [0.25, 0.3) is 5.91 Å². The molecule has 0 radical (unpaired) electrons. The first kappa shape index (κ1) is 17.7. The molecule has 3 rings (SSSR count). The minimum Gasteiger partial charge on any atom is -0.493 e. The number of para-hydroxylation sites is 2. The quantitative estimate of drug-likeness (QED) is 0.627. The summed E-state index contributed by atoms with van der Waals surface area (Å²) in [5.74, 6) is 1.00. The SMILES string of the molecule is COc1ccccc1OCC(=O)NCCCc1cnc2cc(C)nn2c1. The maximum absolute atomic E-state index is 11.9. The lowest BCUT2D eigenvalue weighted by atomic mass is 10.2. The fourth-order valence-corrected chi connectivity index (χ4v) is 2.62. The molecule has 0 saturated heterocycles. The highest BCUT2D eigenvalue weighted by Gasteiger charge is 2.07. The number of carbonyl (C=O) groups is 1. The Balaban J connectivity index is 1.40. The number of amides is 1. The molecular weight excluding hydrogens is 332 g/mol. The predicted molar refractivity (Wildman–Crippen MR) is 97.5 cm³/mol. The Morgan fingerprint density at radius 2 is 2.08 bits per heavy atom. The number of hydrogen-bond donors (Lipinski definition) is 1. The Hall–Kier alpha value is -3.09. The van der Waals surface area contributed by atoms with Crippen LogP contribution in [-0.2, 0) is 11.2 Å². The molecule has 26 heavy (non-hydrogen) atoms. The van der Waals surface area contributed by atoms with E-state index in [2.05, 4.69) is 15.4 Å². The second-order valence-electron chi connectivity index (χ2n) is 5.94. The third kappa shape index (κ3) is 4.50. The van der Waals surface area contributed by atoms with Gasteiger partial charge in [-0.05, 0) is 37.5 Å². The molecule has 0 fully saturated rings. The summed E-state index contributed by atoms with van der Waals surface area (Å²) >= 11 is 0. The topological polar surface area (TPSA) is 77.8 Å². The first-order valence-electron chi connectivity index (χ1n) is 8.49. The molecule has 0 spiro atoms. The van der Waals surface area contributed by atoms with Crippen LogP contribution in [0.2, 0.25) is 0 Å². The number of nitrogens with one attached hydrogen (secondary N) is 1. The number of aryl methyl sites for hydroxylation is 2. The molecule has 0 unspecified atom stereocenters. The predicted octanol–water partition coefficient (Wildman–Crippen LogP) is 2.17. The summed E-state index contributed by atoms with van der Waals surface area (Å²) in [6, 6.07) is 9.18. The van der Waals surface area contributed by atoms with Crippen LogP contribution in [0.15, 0.2) is 42.7 Å². The monoisotopic (exact) mass is 354 g/mol. The fraction of sp³-hybridized carbons (Fsp3) is 0.316. The van der Waals surface area contributed by atoms with E-state index in [4.69, 9.17) is 9.47 Å². The van der Waals surface area contributed by atoms with Gasteiger partial charge in [0.15, 0.2) is 23.8 Å². The minimum atomic E-state index is -0.160. The minimum absolute atomic E-state index is 0.0412. The van der Waals surface area contributed by atoms with Crippen LogP contribution in [-0.4, -0.2) is 40.8 Å². The van der Waals surface area contributed by atoms with Gasteiger partial charge in [0.05, 0.1) is 12.8 Å². The zero-order valence-corrected chi connectivity index (χ0v) is 14.9. The highest BCUT2D eigenvalue weighted by atomic mass is 16.5. The van der Waals surface area contributed by atoms with Crippen LogP contribution in [0.1, 0.15) is 17.7 Å². The van der Waals surface area contributed by atoms with Crippen LogP contribution in [0.5, 0.6) is 11.5 Å². The maximum Gasteiger partial charge on any atom is 0.257 e. The smallest absolute Gasteiger partial charge is 0.257 e. The maximum atomic E-state index is 11.9. The number of rotatable bonds is 8. The molecule has 2 heterocycles. The second-order valence-corrected chi connectivity index (χ2v) is 5.94. The average molecular weight is 354 g/mol. The number of ether oxygens (including phenoxy) is 2. The molecule has 7 heteroatoms. The van der Waals surface area contributed by atoms with Gasteiger partial charge in [-0.1, -0.05) is 12.1 Å². The molecule has 7 nitrogen and oxygen atoms in total. The molecule has 0 saturated carbocycles. The number of methoxy groups -OCH3 is 1. The van der Waals surface area contributed by atoms with Crippen molar-refractivity contribution >= 4 is 11.6 Å². The summed E-state index contributed by atoms with van der Waals surface area (Å²) in [6.07, 6.45) is 5.45. The molecule has 0 aliphatic rings. The zero-order valence-electron chi connectivity index (χ0n) is 14.9. The lowest BCUT2D eigenvalue weighted by molar-refractivity contribution is -0.123. The number of nitrogens with zero attached hydrogens (tertiary/aromatic N) is 3. The normalized spacial score (nSPS) is 10.7. The van der Waals surface area contributed by atoms with E-state index in [9.17, 15) is 4.79 Å². The summed E-state index contributed by atoms with van der Waals surface area (Å²) in [4.78, 5) is 16.3. The van der Waals surface area contributed by atoms with E-state index >= 15 is 0 Å². The van der Waals surface area contributed by atoms with Crippen molar-refractivity contribution < 1.29 is 14.3 Å². The Kier molecular flexibility index (Phi) is 5.68. The van der Waals surface area contributed by atoms with Crippen molar-refractivity contribution in [3.63, 3.8) is 0 Å². The van der Waals surface area contributed by atoms with Crippen molar-refractivity contribution in [1.29, 1.82) is 0 Å². The third-order valence-electron chi connectivity index (χ3n) is 3.88. The van der Waals surface area contributed by atoms with Gasteiger partial charge in [-0.25, -0.2) is 9.50 Å². The summed E-state index contributed by atoms with van der Waals surface area (Å²) in [6.45, 7) is 2.47. The van der Waals surface area contributed by atoms with Crippen molar-refractivity contribution in [3.05, 3.63) is 54.0 Å². The Morgan fingerprint density at radius 3 is 2.88 bits per heavy atom. The molecule has 1 amide bonds. The van der Waals surface area contributed by atoms with E-state index in [1.807, 2.05) is 37.5 Å². The molecule has 3 aromatic rings. The van der Waals surface area contributed by atoms with Crippen molar-refractivity contribution in [2.45, 2.75) is 19.8 Å². The zero-order chi connectivity index (χ0) is 18.4. The van der Waals surface area contributed by atoms with Crippen LogP contribution in [0, 0.1) is 6.92 Å². The standard InChI is InChI=1S/C19H22N4O3/c1-14-10-18-21-11-15(12-23(18)22-14)6-5-9-20-19(24)13-26-17-8-4-3-7-16(17)25-2/h3-4,7-8,10-12H,5-6,9,13H2,1-2H3,(H,20,24). The van der Waals surface area contributed by atoms with E-state index in [1.165, 1.54) is 0 Å². The van der Waals surface area contributed by atoms with Crippen molar-refractivity contribution in [3.8, 4) is 11.5 Å². The molecule has 0 bridgehead atoms. The summed E-state index contributed by atoms with van der Waals surface area (Å²) < 4.78 is 12.5. The fourth-order valence-electron chi connectivity index (χ4n) is 2.62. The van der Waals surface area contributed by atoms with Gasteiger partial charge in [-0.3, -0.25) is 4.79 Å². The number of carbonyl (C=O) groups excluding carboxylic acids is 1. The van der Waals surface area contributed by atoms with Gasteiger partial charge in [-0.2, -0.15) is 5.10 Å². The third-order valence-corrected chi connectivity index (χ3v) is 3.88. The van der Waals surface area contributed by atoms with Gasteiger partial charge in [0.1, 0.15) is 0 Å². The first-order chi connectivity index (χ1) is 12.7. The van der Waals surface area contributed by atoms with Crippen LogP contribution >= 0.6 is 0 Å². The number of fused-ring (bicyclic) bond motifs is 1. The van der Waals surface area contributed by atoms with Gasteiger partial charge in [0.2, 0.25) is 0 Å². The van der Waals surface area contributed by atoms with E-state index in [0.717, 1.165) is 29.7 Å². The highest BCUT2D eigenvalue weighted by Crippen LogP contribution is 2.25. The van der Waals surface area contributed by atoms with Crippen LogP contribution < -0.4 is 14.8 Å². The van der Waals surface area contributed by atoms with Crippen LogP contribution in [0.25, 0.3) is 5.65 Å². The lowest BCUT2D eigenvalue weighted by Crippen LogP contribution is -2.30. The van der Waals surface area contributed by atoms with Gasteiger partial charge >= 0.3 is 0 Å². The largest absolute Gasteiger partial charge is 0.493 e. The molecule has 1 aromatic carbocycles. The number of hydrogen-bond acceptors (Lipinski definition) is 5. The van der Waals surface area contributed by atoms with Gasteiger partial charge in [-0.15, -0.1) is 0 Å². The Labute approximate surface area is 152 Å². The summed E-state index contributed by atoms with van der Waals surface area (Å²) in [5.41, 5.74) is 2.87. The Morgan fingerprint density at radius 1 is 1.27 bits per heavy atom. The lowest BCUT2D eigenvalue weighted by Gasteiger charge is -2.10. The number of benzene rings is 1. The summed E-state index contributed by atoms with van der Waals surface area (Å²) in [5, 5.41) is 7.21. The van der Waals surface area contributed by atoms with E-state index < -0.39 is 0 Å². The highest BCUT2D eigenvalue weighted by molar-refractivity contribution is 5.77. The Bertz CT molecular complexity index is 891. The van der Waals surface area contributed by atoms with E-state index in [0.29, 0.717) is 18.0 Å². The summed E-state index contributed by atoms with van der Waals surface area (Å²) in [7, 11) is 1.57. The molecule has 1 N–H and O–H groups in total. The molecule has 0 aliphatic heterocycles. The van der Waals surface area contributed by atoms with E-state index in [1.54, 1.807) is 23.8 Å². The van der Waals surface area contributed by atoms with Crippen LogP contribution in [0.4, 0.5) is 0 Å². The average Bonchev–Trinajstić information content (AvgIpc) is 3.03.